The Hall–Kier alpha value is -1.52. The van der Waals surface area contributed by atoms with E-state index in [4.69, 9.17) is 11.6 Å². The van der Waals surface area contributed by atoms with Crippen LogP contribution >= 0.6 is 11.6 Å². The van der Waals surface area contributed by atoms with Crippen molar-refractivity contribution >= 4 is 28.4 Å². The van der Waals surface area contributed by atoms with Crippen LogP contribution < -0.4 is 10.6 Å². The molecule has 1 aromatic heterocycles. The smallest absolute Gasteiger partial charge is 0.223 e. The lowest BCUT2D eigenvalue weighted by atomic mass is 10.2. The van der Waals surface area contributed by atoms with Crippen molar-refractivity contribution in [2.24, 2.45) is 5.92 Å². The summed E-state index contributed by atoms with van der Waals surface area (Å²) in [6, 6.07) is 7.99. The Balaban J connectivity index is 1.47. The molecule has 0 bridgehead atoms. The van der Waals surface area contributed by atoms with E-state index in [1.807, 2.05) is 24.3 Å². The van der Waals surface area contributed by atoms with Gasteiger partial charge in [-0.1, -0.05) is 29.8 Å². The number of hydrogen-bond donors (Lipinski definition) is 3. The van der Waals surface area contributed by atoms with Gasteiger partial charge in [-0.05, 0) is 18.9 Å². The first-order valence-corrected chi connectivity index (χ1v) is 7.37. The summed E-state index contributed by atoms with van der Waals surface area (Å²) in [4.78, 5) is 14.8. The molecule has 0 unspecified atom stereocenters. The summed E-state index contributed by atoms with van der Waals surface area (Å²) in [5.41, 5.74) is 2.04. The Labute approximate surface area is 122 Å². The molecule has 0 atom stereocenters. The Morgan fingerprint density at radius 3 is 2.85 bits per heavy atom. The first-order valence-electron chi connectivity index (χ1n) is 6.99. The van der Waals surface area contributed by atoms with Gasteiger partial charge in [-0.15, -0.1) is 0 Å². The molecule has 1 aromatic carbocycles. The summed E-state index contributed by atoms with van der Waals surface area (Å²) in [5.74, 6) is 0.466. The third-order valence-electron chi connectivity index (χ3n) is 3.56. The number of para-hydroxylation sites is 1. The van der Waals surface area contributed by atoms with Crippen molar-refractivity contribution < 1.29 is 4.79 Å². The van der Waals surface area contributed by atoms with Crippen LogP contribution in [0.2, 0.25) is 5.02 Å². The van der Waals surface area contributed by atoms with Crippen LogP contribution in [0.1, 0.15) is 18.5 Å². The van der Waals surface area contributed by atoms with E-state index in [2.05, 4.69) is 15.6 Å². The predicted octanol–water partition coefficient (Wildman–Crippen LogP) is 2.44. The fourth-order valence-electron chi connectivity index (χ4n) is 2.26. The van der Waals surface area contributed by atoms with Crippen LogP contribution in [0, 0.1) is 5.92 Å². The zero-order chi connectivity index (χ0) is 13.9. The lowest BCUT2D eigenvalue weighted by Gasteiger charge is -2.05. The van der Waals surface area contributed by atoms with Crippen molar-refractivity contribution in [2.75, 3.05) is 13.1 Å². The molecule has 3 N–H and O–H groups in total. The normalized spacial score (nSPS) is 14.7. The molecule has 2 aromatic rings. The number of hydrogen-bond acceptors (Lipinski definition) is 2. The van der Waals surface area contributed by atoms with Crippen molar-refractivity contribution in [1.29, 1.82) is 0 Å². The number of H-pyrrole nitrogens is 1. The van der Waals surface area contributed by atoms with Gasteiger partial charge in [-0.2, -0.15) is 0 Å². The molecule has 1 aliphatic carbocycles. The van der Waals surface area contributed by atoms with E-state index in [9.17, 15) is 4.79 Å². The van der Waals surface area contributed by atoms with Gasteiger partial charge in [0.15, 0.2) is 0 Å². The Bertz CT molecular complexity index is 619. The minimum absolute atomic E-state index is 0.190. The van der Waals surface area contributed by atoms with Crippen LogP contribution in [0.15, 0.2) is 24.3 Å². The second-order valence-corrected chi connectivity index (χ2v) is 5.58. The third-order valence-corrected chi connectivity index (χ3v) is 4.00. The zero-order valence-corrected chi connectivity index (χ0v) is 12.0. The number of amides is 1. The molecule has 4 nitrogen and oxygen atoms in total. The minimum atomic E-state index is 0.190. The highest BCUT2D eigenvalue weighted by Gasteiger charge is 2.28. The number of carbonyl (C=O) groups is 1. The standard InChI is InChI=1S/C15H18ClN3O/c16-14-11-3-1-2-4-12(11)19-13(14)9-17-7-8-18-15(20)10-5-6-10/h1-4,10,17,19H,5-9H2,(H,18,20). The van der Waals surface area contributed by atoms with Crippen molar-refractivity contribution in [1.82, 2.24) is 15.6 Å². The molecule has 3 rings (SSSR count). The lowest BCUT2D eigenvalue weighted by molar-refractivity contribution is -0.122. The average Bonchev–Trinajstić information content (AvgIpc) is 3.26. The number of aromatic nitrogens is 1. The van der Waals surface area contributed by atoms with Crippen LogP contribution in [0.4, 0.5) is 0 Å². The first-order chi connectivity index (χ1) is 9.75. The summed E-state index contributed by atoms with van der Waals surface area (Å²) in [7, 11) is 0. The summed E-state index contributed by atoms with van der Waals surface area (Å²) in [6.45, 7) is 2.07. The molecule has 0 saturated heterocycles. The van der Waals surface area contributed by atoms with Crippen molar-refractivity contribution in [3.8, 4) is 0 Å². The largest absolute Gasteiger partial charge is 0.356 e. The molecule has 1 heterocycles. The van der Waals surface area contributed by atoms with Gasteiger partial charge < -0.3 is 15.6 Å². The van der Waals surface area contributed by atoms with E-state index in [-0.39, 0.29) is 11.8 Å². The van der Waals surface area contributed by atoms with Gasteiger partial charge in [-0.25, -0.2) is 0 Å². The molecule has 5 heteroatoms. The topological polar surface area (TPSA) is 56.9 Å². The SMILES string of the molecule is O=C(NCCNCc1[nH]c2ccccc2c1Cl)C1CC1. The Morgan fingerprint density at radius 1 is 1.30 bits per heavy atom. The molecule has 0 spiro atoms. The van der Waals surface area contributed by atoms with E-state index < -0.39 is 0 Å². The van der Waals surface area contributed by atoms with Gasteiger partial charge in [0.25, 0.3) is 0 Å². The van der Waals surface area contributed by atoms with E-state index in [0.29, 0.717) is 13.1 Å². The highest BCUT2D eigenvalue weighted by Crippen LogP contribution is 2.28. The first kappa shape index (κ1) is 13.5. The van der Waals surface area contributed by atoms with Gasteiger partial charge in [0.2, 0.25) is 5.91 Å². The van der Waals surface area contributed by atoms with Crippen molar-refractivity contribution in [2.45, 2.75) is 19.4 Å². The molecule has 1 amide bonds. The van der Waals surface area contributed by atoms with Gasteiger partial charge in [-0.3, -0.25) is 4.79 Å². The van der Waals surface area contributed by atoms with E-state index in [1.165, 1.54) is 0 Å². The maximum atomic E-state index is 11.4. The van der Waals surface area contributed by atoms with Crippen molar-refractivity contribution in [3.05, 3.63) is 35.0 Å². The molecule has 106 valence electrons. The number of nitrogens with one attached hydrogen (secondary N) is 3. The maximum Gasteiger partial charge on any atom is 0.223 e. The summed E-state index contributed by atoms with van der Waals surface area (Å²) in [5, 5.41) is 8.04. The number of fused-ring (bicyclic) bond motifs is 1. The molecular formula is C15H18ClN3O. The average molecular weight is 292 g/mol. The number of halogens is 1. The summed E-state index contributed by atoms with van der Waals surface area (Å²) < 4.78 is 0. The monoisotopic (exact) mass is 291 g/mol. The molecule has 1 saturated carbocycles. The molecule has 0 aliphatic heterocycles. The molecule has 20 heavy (non-hydrogen) atoms. The fraction of sp³-hybridized carbons (Fsp3) is 0.400. The van der Waals surface area contributed by atoms with Gasteiger partial charge >= 0.3 is 0 Å². The maximum absolute atomic E-state index is 11.4. The second kappa shape index (κ2) is 5.85. The fourth-order valence-corrected chi connectivity index (χ4v) is 2.54. The molecule has 1 aliphatic rings. The Kier molecular flexibility index (Phi) is 3.94. The number of benzene rings is 1. The zero-order valence-electron chi connectivity index (χ0n) is 11.2. The highest BCUT2D eigenvalue weighted by atomic mass is 35.5. The van der Waals surface area contributed by atoms with Gasteiger partial charge in [0, 0.05) is 42.1 Å². The molecule has 1 fully saturated rings. The van der Waals surface area contributed by atoms with Crippen LogP contribution in [-0.2, 0) is 11.3 Å². The van der Waals surface area contributed by atoms with Crippen LogP contribution in [-0.4, -0.2) is 24.0 Å². The molecular weight excluding hydrogens is 274 g/mol. The van der Waals surface area contributed by atoms with Crippen molar-refractivity contribution in [3.63, 3.8) is 0 Å². The predicted molar refractivity (Wildman–Crippen MR) is 80.7 cm³/mol. The molecule has 0 radical (unpaired) electrons. The lowest BCUT2D eigenvalue weighted by Crippen LogP contribution is -2.32. The third kappa shape index (κ3) is 2.97. The number of carbonyl (C=O) groups excluding carboxylic acids is 1. The van der Waals surface area contributed by atoms with E-state index >= 15 is 0 Å². The quantitative estimate of drug-likeness (QED) is 0.716. The second-order valence-electron chi connectivity index (χ2n) is 5.21. The highest BCUT2D eigenvalue weighted by molar-refractivity contribution is 6.36. The van der Waals surface area contributed by atoms with Crippen LogP contribution in [0.3, 0.4) is 0 Å². The Morgan fingerprint density at radius 2 is 2.10 bits per heavy atom. The summed E-state index contributed by atoms with van der Waals surface area (Å²) >= 11 is 6.33. The summed E-state index contributed by atoms with van der Waals surface area (Å²) in [6.07, 6.45) is 2.09. The van der Waals surface area contributed by atoms with Gasteiger partial charge in [0.1, 0.15) is 0 Å². The van der Waals surface area contributed by atoms with Gasteiger partial charge in [0.05, 0.1) is 5.02 Å². The minimum Gasteiger partial charge on any atom is -0.356 e. The van der Waals surface area contributed by atoms with Crippen LogP contribution in [0.5, 0.6) is 0 Å². The number of aromatic amines is 1. The van der Waals surface area contributed by atoms with E-state index in [0.717, 1.165) is 41.0 Å². The number of rotatable bonds is 6. The van der Waals surface area contributed by atoms with E-state index in [1.54, 1.807) is 0 Å². The van der Waals surface area contributed by atoms with Crippen LogP contribution in [0.25, 0.3) is 10.9 Å².